The van der Waals surface area contributed by atoms with E-state index in [4.69, 9.17) is 5.11 Å². The van der Waals surface area contributed by atoms with E-state index in [1.165, 1.54) is 18.2 Å². The zero-order valence-corrected chi connectivity index (χ0v) is 11.1. The molecular formula is C13H9F3N2O4. The minimum absolute atomic E-state index is 0.126. The summed E-state index contributed by atoms with van der Waals surface area (Å²) in [6.07, 6.45) is -4.85. The van der Waals surface area contributed by atoms with E-state index in [1.54, 1.807) is 0 Å². The third-order valence-electron chi connectivity index (χ3n) is 2.96. The molecule has 116 valence electrons. The average molecular weight is 314 g/mol. The van der Waals surface area contributed by atoms with Crippen molar-refractivity contribution in [1.29, 1.82) is 0 Å². The van der Waals surface area contributed by atoms with Crippen LogP contribution in [0.25, 0.3) is 5.69 Å². The van der Waals surface area contributed by atoms with Crippen LogP contribution in [0.5, 0.6) is 0 Å². The molecule has 0 saturated carbocycles. The van der Waals surface area contributed by atoms with Gasteiger partial charge in [0.25, 0.3) is 5.56 Å². The Morgan fingerprint density at radius 2 is 1.82 bits per heavy atom. The van der Waals surface area contributed by atoms with E-state index in [9.17, 15) is 27.6 Å². The number of halogens is 3. The maximum Gasteiger partial charge on any atom is 0.431 e. The highest BCUT2D eigenvalue weighted by molar-refractivity contribution is 5.88. The van der Waals surface area contributed by atoms with Crippen LogP contribution in [0.3, 0.4) is 0 Å². The fourth-order valence-electron chi connectivity index (χ4n) is 1.91. The lowest BCUT2D eigenvalue weighted by Crippen LogP contribution is -2.40. The van der Waals surface area contributed by atoms with Gasteiger partial charge in [-0.1, -0.05) is 6.07 Å². The minimum Gasteiger partial charge on any atom is -0.478 e. The summed E-state index contributed by atoms with van der Waals surface area (Å²) in [5.41, 5.74) is -4.13. The predicted molar refractivity (Wildman–Crippen MR) is 69.2 cm³/mol. The summed E-state index contributed by atoms with van der Waals surface area (Å²) in [4.78, 5) is 34.7. The molecule has 0 unspecified atom stereocenters. The van der Waals surface area contributed by atoms with E-state index >= 15 is 0 Å². The Morgan fingerprint density at radius 1 is 1.18 bits per heavy atom. The van der Waals surface area contributed by atoms with Gasteiger partial charge in [0, 0.05) is 13.1 Å². The molecule has 0 spiro atoms. The summed E-state index contributed by atoms with van der Waals surface area (Å²) in [5.74, 6) is -1.29. The van der Waals surface area contributed by atoms with Gasteiger partial charge in [0.05, 0.1) is 11.3 Å². The van der Waals surface area contributed by atoms with Gasteiger partial charge in [0.1, 0.15) is 5.69 Å². The summed E-state index contributed by atoms with van der Waals surface area (Å²) in [6.45, 7) is 0. The molecule has 0 aliphatic carbocycles. The largest absolute Gasteiger partial charge is 0.478 e. The number of benzene rings is 1. The van der Waals surface area contributed by atoms with E-state index in [-0.39, 0.29) is 21.9 Å². The number of aromatic nitrogens is 2. The second-order valence-corrected chi connectivity index (χ2v) is 4.40. The zero-order chi connectivity index (χ0) is 16.7. The second-order valence-electron chi connectivity index (χ2n) is 4.40. The Morgan fingerprint density at radius 3 is 2.36 bits per heavy atom. The number of alkyl halides is 3. The van der Waals surface area contributed by atoms with Crippen molar-refractivity contribution in [3.8, 4) is 5.69 Å². The molecule has 6 nitrogen and oxygen atoms in total. The van der Waals surface area contributed by atoms with Gasteiger partial charge in [-0.15, -0.1) is 0 Å². The first-order valence-electron chi connectivity index (χ1n) is 5.87. The third-order valence-corrected chi connectivity index (χ3v) is 2.96. The number of aromatic carboxylic acids is 1. The Kier molecular flexibility index (Phi) is 3.65. The summed E-state index contributed by atoms with van der Waals surface area (Å²) in [5, 5.41) is 8.88. The predicted octanol–water partition coefficient (Wildman–Crippen LogP) is 1.25. The second kappa shape index (κ2) is 5.17. The lowest BCUT2D eigenvalue weighted by molar-refractivity contribution is -0.144. The number of carboxylic acids is 1. The summed E-state index contributed by atoms with van der Waals surface area (Å²) >= 11 is 0. The molecule has 0 atom stereocenters. The Labute approximate surface area is 120 Å². The van der Waals surface area contributed by atoms with Gasteiger partial charge in [-0.05, 0) is 18.2 Å². The smallest absolute Gasteiger partial charge is 0.431 e. The molecule has 0 radical (unpaired) electrons. The van der Waals surface area contributed by atoms with Gasteiger partial charge in [0.15, 0.2) is 0 Å². The quantitative estimate of drug-likeness (QED) is 0.904. The monoisotopic (exact) mass is 314 g/mol. The first kappa shape index (κ1) is 15.5. The molecule has 0 fully saturated rings. The zero-order valence-electron chi connectivity index (χ0n) is 11.1. The standard InChI is InChI=1S/C13H9F3N2O4/c1-17-9(13(14,15)16)6-10(19)18(12(17)22)8-4-2-3-7(5-8)11(20)21/h2-6H,1H3,(H,20,21). The molecule has 1 aromatic heterocycles. The van der Waals surface area contributed by atoms with Crippen LogP contribution in [0.1, 0.15) is 16.1 Å². The molecule has 1 aromatic carbocycles. The van der Waals surface area contributed by atoms with E-state index in [0.717, 1.165) is 13.1 Å². The normalized spacial score (nSPS) is 11.5. The molecule has 2 aromatic rings. The number of hydrogen-bond donors (Lipinski definition) is 1. The molecule has 0 saturated heterocycles. The van der Waals surface area contributed by atoms with E-state index in [1.807, 2.05) is 0 Å². The van der Waals surface area contributed by atoms with Crippen molar-refractivity contribution in [1.82, 2.24) is 9.13 Å². The molecule has 2 rings (SSSR count). The van der Waals surface area contributed by atoms with Gasteiger partial charge in [-0.2, -0.15) is 13.2 Å². The van der Waals surface area contributed by atoms with Crippen molar-refractivity contribution in [3.63, 3.8) is 0 Å². The highest BCUT2D eigenvalue weighted by Crippen LogP contribution is 2.26. The molecule has 1 N–H and O–H groups in total. The minimum atomic E-state index is -4.85. The lowest BCUT2D eigenvalue weighted by Gasteiger charge is -2.14. The maximum absolute atomic E-state index is 12.7. The average Bonchev–Trinajstić information content (AvgIpc) is 2.42. The Bertz CT molecular complexity index is 865. The highest BCUT2D eigenvalue weighted by Gasteiger charge is 2.35. The molecule has 0 aliphatic heterocycles. The molecule has 0 aliphatic rings. The van der Waals surface area contributed by atoms with E-state index in [0.29, 0.717) is 4.57 Å². The molecule has 1 heterocycles. The number of nitrogens with zero attached hydrogens (tertiary/aromatic N) is 2. The summed E-state index contributed by atoms with van der Waals surface area (Å²) in [7, 11) is 0.877. The highest BCUT2D eigenvalue weighted by atomic mass is 19.4. The number of rotatable bonds is 2. The first-order valence-corrected chi connectivity index (χ1v) is 5.87. The van der Waals surface area contributed by atoms with Crippen LogP contribution >= 0.6 is 0 Å². The van der Waals surface area contributed by atoms with Crippen LogP contribution in [0.4, 0.5) is 13.2 Å². The fraction of sp³-hybridized carbons (Fsp3) is 0.154. The fourth-order valence-corrected chi connectivity index (χ4v) is 1.91. The number of carboxylic acid groups (broad SMARTS) is 1. The van der Waals surface area contributed by atoms with Crippen molar-refractivity contribution in [2.45, 2.75) is 6.18 Å². The van der Waals surface area contributed by atoms with Crippen LogP contribution in [0, 0.1) is 0 Å². The van der Waals surface area contributed by atoms with Crippen molar-refractivity contribution in [2.75, 3.05) is 0 Å². The van der Waals surface area contributed by atoms with Crippen LogP contribution in [0.2, 0.25) is 0 Å². The maximum atomic E-state index is 12.7. The number of hydrogen-bond acceptors (Lipinski definition) is 3. The van der Waals surface area contributed by atoms with Gasteiger partial charge in [-0.3, -0.25) is 9.36 Å². The molecule has 0 amide bonds. The first-order chi connectivity index (χ1) is 10.1. The van der Waals surface area contributed by atoms with Gasteiger partial charge >= 0.3 is 17.8 Å². The number of carbonyl (C=O) groups is 1. The van der Waals surface area contributed by atoms with Crippen molar-refractivity contribution >= 4 is 5.97 Å². The van der Waals surface area contributed by atoms with Crippen molar-refractivity contribution in [3.05, 3.63) is 62.4 Å². The van der Waals surface area contributed by atoms with Crippen molar-refractivity contribution in [2.24, 2.45) is 7.05 Å². The van der Waals surface area contributed by atoms with Crippen LogP contribution in [0.15, 0.2) is 39.9 Å². The van der Waals surface area contributed by atoms with E-state index in [2.05, 4.69) is 0 Å². The lowest BCUT2D eigenvalue weighted by atomic mass is 10.2. The van der Waals surface area contributed by atoms with Gasteiger partial charge in [0.2, 0.25) is 0 Å². The van der Waals surface area contributed by atoms with Crippen LogP contribution < -0.4 is 11.2 Å². The van der Waals surface area contributed by atoms with Crippen LogP contribution in [-0.2, 0) is 13.2 Å². The Balaban J connectivity index is 2.76. The van der Waals surface area contributed by atoms with Crippen molar-refractivity contribution < 1.29 is 23.1 Å². The SMILES string of the molecule is Cn1c(C(F)(F)F)cc(=O)n(-c2cccc(C(=O)O)c2)c1=O. The molecule has 22 heavy (non-hydrogen) atoms. The Hall–Kier alpha value is -2.84. The third kappa shape index (κ3) is 2.65. The molecule has 9 heteroatoms. The van der Waals surface area contributed by atoms with Crippen LogP contribution in [-0.4, -0.2) is 20.2 Å². The van der Waals surface area contributed by atoms with Gasteiger partial charge in [-0.25, -0.2) is 14.2 Å². The molecular weight excluding hydrogens is 305 g/mol. The van der Waals surface area contributed by atoms with E-state index < -0.39 is 29.1 Å². The van der Waals surface area contributed by atoms with Gasteiger partial charge < -0.3 is 5.11 Å². The summed E-state index contributed by atoms with van der Waals surface area (Å²) < 4.78 is 38.9. The molecule has 0 bridgehead atoms. The topological polar surface area (TPSA) is 81.3 Å². The summed E-state index contributed by atoms with van der Waals surface area (Å²) in [6, 6.07) is 5.07.